The van der Waals surface area contributed by atoms with Crippen LogP contribution in [0.3, 0.4) is 0 Å². The molecular weight excluding hydrogens is 262 g/mol. The maximum Gasteiger partial charge on any atom is 0.338 e. The molecule has 0 heterocycles. The van der Waals surface area contributed by atoms with E-state index in [1.165, 1.54) is 12.1 Å². The summed E-state index contributed by atoms with van der Waals surface area (Å²) in [7, 11) is 0. The van der Waals surface area contributed by atoms with Crippen LogP contribution in [0.15, 0.2) is 16.6 Å². The topological polar surface area (TPSA) is 70.3 Å². The summed E-state index contributed by atoms with van der Waals surface area (Å²) in [6, 6.07) is 4.46. The Hall–Kier alpha value is -1.54. The minimum absolute atomic E-state index is 0.100. The number of aromatic hydroxyl groups is 1. The molecule has 1 rings (SSSR count). The maximum atomic E-state index is 11.3. The van der Waals surface area contributed by atoms with Gasteiger partial charge in [-0.05, 0) is 35.0 Å². The normalized spacial score (nSPS) is 9.40. The molecule has 0 saturated carbocycles. The van der Waals surface area contributed by atoms with Gasteiger partial charge in [-0.15, -0.1) is 0 Å². The van der Waals surface area contributed by atoms with Gasteiger partial charge in [0, 0.05) is 4.47 Å². The summed E-state index contributed by atoms with van der Waals surface area (Å²) >= 11 is 3.09. The molecule has 1 aromatic rings. The van der Waals surface area contributed by atoms with Crippen molar-refractivity contribution in [1.29, 1.82) is 5.26 Å². The van der Waals surface area contributed by atoms with Gasteiger partial charge in [-0.1, -0.05) is 0 Å². The van der Waals surface area contributed by atoms with Gasteiger partial charge < -0.3 is 9.84 Å². The summed E-state index contributed by atoms with van der Waals surface area (Å²) < 4.78 is 5.13. The van der Waals surface area contributed by atoms with Gasteiger partial charge in [-0.3, -0.25) is 0 Å². The molecule has 0 saturated heterocycles. The summed E-state index contributed by atoms with van der Waals surface area (Å²) in [5, 5.41) is 18.1. The van der Waals surface area contributed by atoms with Gasteiger partial charge in [0.05, 0.1) is 12.2 Å². The second kappa shape index (κ2) is 4.80. The van der Waals surface area contributed by atoms with Crippen molar-refractivity contribution in [2.75, 3.05) is 6.61 Å². The molecular formula is C10H8BrNO3. The summed E-state index contributed by atoms with van der Waals surface area (Å²) in [6.07, 6.45) is 0. The van der Waals surface area contributed by atoms with Crippen molar-refractivity contribution < 1.29 is 14.6 Å². The Morgan fingerprint density at radius 2 is 2.33 bits per heavy atom. The number of ether oxygens (including phenoxy) is 1. The Labute approximate surface area is 95.2 Å². The van der Waals surface area contributed by atoms with Crippen molar-refractivity contribution in [3.05, 3.63) is 27.7 Å². The average Bonchev–Trinajstić information content (AvgIpc) is 2.17. The quantitative estimate of drug-likeness (QED) is 0.836. The average molecular weight is 270 g/mol. The first-order valence-corrected chi connectivity index (χ1v) is 4.99. The summed E-state index contributed by atoms with van der Waals surface area (Å²) in [5.74, 6) is -0.770. The van der Waals surface area contributed by atoms with Crippen molar-refractivity contribution in [3.63, 3.8) is 0 Å². The van der Waals surface area contributed by atoms with E-state index >= 15 is 0 Å². The molecule has 0 spiro atoms. The van der Waals surface area contributed by atoms with Crippen molar-refractivity contribution >= 4 is 21.9 Å². The van der Waals surface area contributed by atoms with Gasteiger partial charge in [0.15, 0.2) is 0 Å². The number of rotatable bonds is 2. The van der Waals surface area contributed by atoms with Gasteiger partial charge in [0.1, 0.15) is 17.4 Å². The predicted molar refractivity (Wildman–Crippen MR) is 56.5 cm³/mol. The lowest BCUT2D eigenvalue weighted by Gasteiger charge is -2.04. The molecule has 0 unspecified atom stereocenters. The van der Waals surface area contributed by atoms with Crippen LogP contribution in [-0.2, 0) is 4.74 Å². The number of phenolic OH excluding ortho intramolecular Hbond substituents is 1. The molecule has 0 aliphatic rings. The lowest BCUT2D eigenvalue weighted by molar-refractivity contribution is 0.0526. The van der Waals surface area contributed by atoms with E-state index in [-0.39, 0.29) is 23.5 Å². The molecule has 0 fully saturated rings. The van der Waals surface area contributed by atoms with Gasteiger partial charge in [-0.25, -0.2) is 4.79 Å². The summed E-state index contributed by atoms with van der Waals surface area (Å²) in [4.78, 5) is 11.3. The molecule has 1 N–H and O–H groups in total. The van der Waals surface area contributed by atoms with Gasteiger partial charge in [0.25, 0.3) is 0 Å². The molecule has 5 heteroatoms. The number of hydrogen-bond donors (Lipinski definition) is 1. The Morgan fingerprint density at radius 3 is 2.80 bits per heavy atom. The maximum absolute atomic E-state index is 11.3. The van der Waals surface area contributed by atoms with E-state index in [1.54, 1.807) is 6.92 Å². The van der Waals surface area contributed by atoms with E-state index in [0.717, 1.165) is 0 Å². The van der Waals surface area contributed by atoms with Crippen LogP contribution < -0.4 is 0 Å². The van der Waals surface area contributed by atoms with Crippen LogP contribution in [0, 0.1) is 11.3 Å². The molecule has 4 nitrogen and oxygen atoms in total. The number of benzene rings is 1. The van der Waals surface area contributed by atoms with E-state index in [4.69, 9.17) is 10.00 Å². The van der Waals surface area contributed by atoms with Crippen LogP contribution in [0.1, 0.15) is 22.8 Å². The Balaban J connectivity index is 3.15. The van der Waals surface area contributed by atoms with Gasteiger partial charge in [0.2, 0.25) is 0 Å². The number of halogens is 1. The molecule has 0 atom stereocenters. The lowest BCUT2D eigenvalue weighted by atomic mass is 10.1. The van der Waals surface area contributed by atoms with Crippen LogP contribution in [0.4, 0.5) is 0 Å². The van der Waals surface area contributed by atoms with Gasteiger partial charge in [-0.2, -0.15) is 5.26 Å². The highest BCUT2D eigenvalue weighted by molar-refractivity contribution is 9.10. The van der Waals surface area contributed by atoms with Crippen molar-refractivity contribution in [3.8, 4) is 11.8 Å². The largest absolute Gasteiger partial charge is 0.506 e. The SMILES string of the molecule is CCOC(=O)c1cc(O)c(C#N)c(Br)c1. The number of esters is 1. The number of hydrogen-bond acceptors (Lipinski definition) is 4. The third-order valence-corrected chi connectivity index (χ3v) is 2.32. The molecule has 1 aromatic carbocycles. The third kappa shape index (κ3) is 2.48. The summed E-state index contributed by atoms with van der Waals surface area (Å²) in [5.41, 5.74) is 0.309. The van der Waals surface area contributed by atoms with E-state index in [0.29, 0.717) is 4.47 Å². The number of carbonyl (C=O) groups excluding carboxylic acids is 1. The fraction of sp³-hybridized carbons (Fsp3) is 0.200. The fourth-order valence-electron chi connectivity index (χ4n) is 1.04. The lowest BCUT2D eigenvalue weighted by Crippen LogP contribution is -2.04. The third-order valence-electron chi connectivity index (χ3n) is 1.69. The number of carbonyl (C=O) groups is 1. The molecule has 0 amide bonds. The van der Waals surface area contributed by atoms with E-state index < -0.39 is 5.97 Å². The van der Waals surface area contributed by atoms with Crippen LogP contribution in [0.2, 0.25) is 0 Å². The second-order valence-electron chi connectivity index (χ2n) is 2.68. The standard InChI is InChI=1S/C10H8BrNO3/c1-2-15-10(14)6-3-8(11)7(5-12)9(13)4-6/h3-4,13H,2H2,1H3. The molecule has 0 bridgehead atoms. The first-order valence-electron chi connectivity index (χ1n) is 4.19. The zero-order valence-electron chi connectivity index (χ0n) is 7.95. The summed E-state index contributed by atoms with van der Waals surface area (Å²) in [6.45, 7) is 1.95. The predicted octanol–water partition coefficient (Wildman–Crippen LogP) is 2.20. The molecule has 0 radical (unpaired) electrons. The van der Waals surface area contributed by atoms with Crippen molar-refractivity contribution in [2.45, 2.75) is 6.92 Å². The van der Waals surface area contributed by atoms with E-state index in [1.807, 2.05) is 6.07 Å². The highest BCUT2D eigenvalue weighted by Gasteiger charge is 2.13. The van der Waals surface area contributed by atoms with Crippen LogP contribution in [0.5, 0.6) is 5.75 Å². The molecule has 0 aliphatic heterocycles. The van der Waals surface area contributed by atoms with Crippen LogP contribution >= 0.6 is 15.9 Å². The van der Waals surface area contributed by atoms with Crippen LogP contribution in [-0.4, -0.2) is 17.7 Å². The number of phenols is 1. The highest BCUT2D eigenvalue weighted by atomic mass is 79.9. The van der Waals surface area contributed by atoms with Crippen molar-refractivity contribution in [2.24, 2.45) is 0 Å². The minimum atomic E-state index is -0.530. The number of nitrogens with zero attached hydrogens (tertiary/aromatic N) is 1. The molecule has 78 valence electrons. The minimum Gasteiger partial charge on any atom is -0.506 e. The molecule has 0 aromatic heterocycles. The Bertz CT molecular complexity index is 414. The van der Waals surface area contributed by atoms with Crippen molar-refractivity contribution in [1.82, 2.24) is 0 Å². The highest BCUT2D eigenvalue weighted by Crippen LogP contribution is 2.27. The van der Waals surface area contributed by atoms with E-state index in [9.17, 15) is 9.90 Å². The van der Waals surface area contributed by atoms with Crippen LogP contribution in [0.25, 0.3) is 0 Å². The van der Waals surface area contributed by atoms with Gasteiger partial charge >= 0.3 is 5.97 Å². The number of nitriles is 1. The van der Waals surface area contributed by atoms with E-state index in [2.05, 4.69) is 15.9 Å². The first-order chi connectivity index (χ1) is 7.10. The smallest absolute Gasteiger partial charge is 0.338 e. The first kappa shape index (κ1) is 11.5. The fourth-order valence-corrected chi connectivity index (χ4v) is 1.57. The Morgan fingerprint density at radius 1 is 1.67 bits per heavy atom. The zero-order valence-corrected chi connectivity index (χ0v) is 9.54. The molecule has 0 aliphatic carbocycles. The Kier molecular flexibility index (Phi) is 3.69. The second-order valence-corrected chi connectivity index (χ2v) is 3.54. The zero-order chi connectivity index (χ0) is 11.4. The molecule has 15 heavy (non-hydrogen) atoms. The monoisotopic (exact) mass is 269 g/mol.